The first-order valence-corrected chi connectivity index (χ1v) is 6.52. The molecule has 0 aliphatic heterocycles. The first-order chi connectivity index (χ1) is 9.49. The topological polar surface area (TPSA) is 85.1 Å². The number of rotatable bonds is 3. The Bertz CT molecular complexity index is 693. The van der Waals surface area contributed by atoms with E-state index in [0.717, 1.165) is 4.47 Å². The molecule has 0 atom stereocenters. The van der Waals surface area contributed by atoms with Crippen LogP contribution in [0.5, 0.6) is 0 Å². The zero-order chi connectivity index (χ0) is 14.7. The van der Waals surface area contributed by atoms with Gasteiger partial charge in [-0.3, -0.25) is 14.9 Å². The van der Waals surface area contributed by atoms with E-state index in [-0.39, 0.29) is 16.3 Å². The van der Waals surface area contributed by atoms with Crippen LogP contribution < -0.4 is 5.32 Å². The number of anilines is 1. The second-order valence-corrected chi connectivity index (χ2v) is 5.00. The van der Waals surface area contributed by atoms with Crippen molar-refractivity contribution in [3.05, 3.63) is 61.7 Å². The number of nitrogens with zero attached hydrogens (tertiary/aromatic N) is 2. The summed E-state index contributed by atoms with van der Waals surface area (Å²) in [4.78, 5) is 26.1. The zero-order valence-electron chi connectivity index (χ0n) is 9.84. The maximum atomic E-state index is 12.0. The summed E-state index contributed by atoms with van der Waals surface area (Å²) < 4.78 is 0.743. The fourth-order valence-corrected chi connectivity index (χ4v) is 2.11. The summed E-state index contributed by atoms with van der Waals surface area (Å²) in [6, 6.07) is 7.34. The van der Waals surface area contributed by atoms with Crippen molar-refractivity contribution >= 4 is 44.9 Å². The number of benzene rings is 1. The molecule has 6 nitrogen and oxygen atoms in total. The Kier molecular flexibility index (Phi) is 4.31. The number of hydrogen-bond donors (Lipinski definition) is 1. The lowest BCUT2D eigenvalue weighted by molar-refractivity contribution is -0.384. The van der Waals surface area contributed by atoms with Crippen molar-refractivity contribution < 1.29 is 9.72 Å². The van der Waals surface area contributed by atoms with Gasteiger partial charge in [0.15, 0.2) is 0 Å². The van der Waals surface area contributed by atoms with E-state index in [1.54, 1.807) is 12.1 Å². The molecule has 0 spiro atoms. The molecule has 0 saturated heterocycles. The number of aromatic nitrogens is 1. The molecule has 0 aliphatic rings. The van der Waals surface area contributed by atoms with Crippen molar-refractivity contribution in [2.75, 3.05) is 5.32 Å². The Labute approximate surface area is 127 Å². The van der Waals surface area contributed by atoms with Gasteiger partial charge in [0.2, 0.25) is 0 Å². The lowest BCUT2D eigenvalue weighted by atomic mass is 10.2. The minimum atomic E-state index is -0.642. The smallest absolute Gasteiger partial charge is 0.288 e. The van der Waals surface area contributed by atoms with Gasteiger partial charge < -0.3 is 5.32 Å². The monoisotopic (exact) mass is 355 g/mol. The van der Waals surface area contributed by atoms with Gasteiger partial charge in [-0.05, 0) is 18.2 Å². The molecule has 1 amide bonds. The lowest BCUT2D eigenvalue weighted by Crippen LogP contribution is -2.13. The van der Waals surface area contributed by atoms with Crippen molar-refractivity contribution in [3.8, 4) is 0 Å². The molecule has 0 bridgehead atoms. The third-order valence-corrected chi connectivity index (χ3v) is 3.27. The van der Waals surface area contributed by atoms with Crippen molar-refractivity contribution in [3.63, 3.8) is 0 Å². The van der Waals surface area contributed by atoms with Crippen LogP contribution in [0.1, 0.15) is 10.4 Å². The third-order valence-electron chi connectivity index (χ3n) is 2.38. The molecule has 1 heterocycles. The van der Waals surface area contributed by atoms with Crippen LogP contribution >= 0.6 is 27.5 Å². The minimum Gasteiger partial charge on any atom is -0.306 e. The number of amides is 1. The highest BCUT2D eigenvalue weighted by Gasteiger charge is 2.20. The van der Waals surface area contributed by atoms with E-state index in [1.165, 1.54) is 24.4 Å². The van der Waals surface area contributed by atoms with E-state index in [9.17, 15) is 14.9 Å². The van der Waals surface area contributed by atoms with E-state index in [2.05, 4.69) is 26.2 Å². The molecule has 1 aromatic carbocycles. The Hall–Kier alpha value is -1.99. The number of carbonyl (C=O) groups is 1. The van der Waals surface area contributed by atoms with Crippen molar-refractivity contribution in [2.45, 2.75) is 0 Å². The minimum absolute atomic E-state index is 0.0163. The van der Waals surface area contributed by atoms with Gasteiger partial charge in [-0.1, -0.05) is 33.6 Å². The zero-order valence-corrected chi connectivity index (χ0v) is 12.2. The normalized spacial score (nSPS) is 10.1. The highest BCUT2D eigenvalue weighted by atomic mass is 79.9. The van der Waals surface area contributed by atoms with E-state index >= 15 is 0 Å². The van der Waals surface area contributed by atoms with Crippen molar-refractivity contribution in [1.29, 1.82) is 0 Å². The largest absolute Gasteiger partial charge is 0.306 e. The molecule has 0 fully saturated rings. The predicted octanol–water partition coefficient (Wildman–Crippen LogP) is 3.66. The predicted molar refractivity (Wildman–Crippen MR) is 78.0 cm³/mol. The van der Waals surface area contributed by atoms with Crippen LogP contribution in [0, 0.1) is 10.1 Å². The number of nitro benzene ring substituents is 1. The first kappa shape index (κ1) is 14.4. The van der Waals surface area contributed by atoms with Crippen LogP contribution in [0.4, 0.5) is 11.5 Å². The van der Waals surface area contributed by atoms with Gasteiger partial charge in [-0.25, -0.2) is 4.98 Å². The number of hydrogen-bond acceptors (Lipinski definition) is 4. The molecule has 1 N–H and O–H groups in total. The molecule has 1 aromatic heterocycles. The molecule has 0 aliphatic carbocycles. The average molecular weight is 357 g/mol. The standard InChI is InChI=1S/C12H7BrClN3O3/c13-7-4-5-15-10(6-7)16-12(18)8-2-1-3-9(11(8)14)17(19)20/h1-6H,(H,15,16,18). The highest BCUT2D eigenvalue weighted by molar-refractivity contribution is 9.10. The van der Waals surface area contributed by atoms with Gasteiger partial charge in [-0.15, -0.1) is 0 Å². The van der Waals surface area contributed by atoms with Crippen LogP contribution in [0.3, 0.4) is 0 Å². The Morgan fingerprint density at radius 3 is 2.80 bits per heavy atom. The molecule has 0 saturated carbocycles. The molecule has 20 heavy (non-hydrogen) atoms. The second kappa shape index (κ2) is 5.98. The Morgan fingerprint density at radius 1 is 1.40 bits per heavy atom. The van der Waals surface area contributed by atoms with Crippen molar-refractivity contribution in [1.82, 2.24) is 4.98 Å². The SMILES string of the molecule is O=C(Nc1cc(Br)ccn1)c1cccc([N+](=O)[O-])c1Cl. The highest BCUT2D eigenvalue weighted by Crippen LogP contribution is 2.28. The average Bonchev–Trinajstić information content (AvgIpc) is 2.38. The maximum Gasteiger partial charge on any atom is 0.288 e. The Balaban J connectivity index is 2.30. The first-order valence-electron chi connectivity index (χ1n) is 5.35. The van der Waals surface area contributed by atoms with E-state index < -0.39 is 10.8 Å². The van der Waals surface area contributed by atoms with Gasteiger partial charge in [0.05, 0.1) is 10.5 Å². The van der Waals surface area contributed by atoms with Gasteiger partial charge in [0, 0.05) is 16.7 Å². The number of carbonyl (C=O) groups excluding carboxylic acids is 1. The van der Waals surface area contributed by atoms with Crippen LogP contribution in [0.15, 0.2) is 41.0 Å². The molecule has 2 aromatic rings. The summed E-state index contributed by atoms with van der Waals surface area (Å²) in [5, 5.41) is 13.1. The van der Waals surface area contributed by atoms with Gasteiger partial charge in [-0.2, -0.15) is 0 Å². The van der Waals surface area contributed by atoms with Crippen LogP contribution in [0.25, 0.3) is 0 Å². The summed E-state index contributed by atoms with van der Waals surface area (Å²) in [5.74, 6) is -0.253. The quantitative estimate of drug-likeness (QED) is 0.672. The van der Waals surface area contributed by atoms with E-state index in [4.69, 9.17) is 11.6 Å². The third kappa shape index (κ3) is 3.12. The van der Waals surface area contributed by atoms with E-state index in [0.29, 0.717) is 5.82 Å². The fraction of sp³-hybridized carbons (Fsp3) is 0. The molecule has 0 radical (unpaired) electrons. The molecular formula is C12H7BrClN3O3. The molecule has 2 rings (SSSR count). The summed E-state index contributed by atoms with van der Waals surface area (Å²) in [7, 11) is 0. The number of nitro groups is 1. The summed E-state index contributed by atoms with van der Waals surface area (Å²) in [6.45, 7) is 0. The summed E-state index contributed by atoms with van der Waals surface area (Å²) in [5.41, 5.74) is -0.302. The summed E-state index contributed by atoms with van der Waals surface area (Å²) in [6.07, 6.45) is 1.51. The lowest BCUT2D eigenvalue weighted by Gasteiger charge is -2.06. The second-order valence-electron chi connectivity index (χ2n) is 3.71. The van der Waals surface area contributed by atoms with Crippen LogP contribution in [-0.4, -0.2) is 15.8 Å². The number of pyridine rings is 1. The number of nitrogens with one attached hydrogen (secondary N) is 1. The van der Waals surface area contributed by atoms with Crippen LogP contribution in [0.2, 0.25) is 5.02 Å². The fourth-order valence-electron chi connectivity index (χ4n) is 1.49. The maximum absolute atomic E-state index is 12.0. The Morgan fingerprint density at radius 2 is 2.15 bits per heavy atom. The molecular weight excluding hydrogens is 350 g/mol. The molecule has 8 heteroatoms. The molecule has 102 valence electrons. The van der Waals surface area contributed by atoms with E-state index in [1.807, 2.05) is 0 Å². The number of halogens is 2. The van der Waals surface area contributed by atoms with Gasteiger partial charge in [0.25, 0.3) is 11.6 Å². The summed E-state index contributed by atoms with van der Waals surface area (Å²) >= 11 is 9.11. The van der Waals surface area contributed by atoms with Gasteiger partial charge in [0.1, 0.15) is 10.8 Å². The van der Waals surface area contributed by atoms with Gasteiger partial charge >= 0.3 is 0 Å². The van der Waals surface area contributed by atoms with Crippen LogP contribution in [-0.2, 0) is 0 Å². The van der Waals surface area contributed by atoms with Crippen molar-refractivity contribution in [2.24, 2.45) is 0 Å². The molecule has 0 unspecified atom stereocenters.